The van der Waals surface area contributed by atoms with Crippen molar-refractivity contribution < 1.29 is 89.4 Å². The summed E-state index contributed by atoms with van der Waals surface area (Å²) in [5, 5.41) is 121. The predicted octanol–water partition coefficient (Wildman–Crippen LogP) is 9.22. The number of carbonyl (C=O) groups excluding carboxylic acids is 1. The molecule has 0 aliphatic carbocycles. The molecule has 3 heterocycles. The van der Waals surface area contributed by atoms with Crippen molar-refractivity contribution in [3.05, 3.63) is 36.5 Å². The monoisotopic (exact) mass is 1260 g/mol. The number of aliphatic hydroxyl groups excluding tert-OH is 11. The zero-order valence-electron chi connectivity index (χ0n) is 54.5. The van der Waals surface area contributed by atoms with Gasteiger partial charge < -0.3 is 89.9 Å². The highest BCUT2D eigenvalue weighted by atomic mass is 16.8. The van der Waals surface area contributed by atoms with Crippen molar-refractivity contribution in [3.63, 3.8) is 0 Å². The summed E-state index contributed by atoms with van der Waals surface area (Å²) >= 11 is 0. The van der Waals surface area contributed by atoms with Crippen LogP contribution in [0.4, 0.5) is 0 Å². The van der Waals surface area contributed by atoms with Crippen LogP contribution in [0, 0.1) is 0 Å². The number of hydrogen-bond donors (Lipinski definition) is 12. The third-order valence-corrected chi connectivity index (χ3v) is 17.7. The first-order valence-electron chi connectivity index (χ1n) is 35.2. The summed E-state index contributed by atoms with van der Waals surface area (Å²) in [6.07, 6.45) is 32.6. The third-order valence-electron chi connectivity index (χ3n) is 17.7. The normalized spacial score (nSPS) is 28.6. The van der Waals surface area contributed by atoms with Crippen molar-refractivity contribution in [3.8, 4) is 0 Å². The van der Waals surface area contributed by atoms with Crippen molar-refractivity contribution in [2.75, 3.05) is 26.4 Å². The van der Waals surface area contributed by atoms with Gasteiger partial charge in [0.05, 0.1) is 38.6 Å². The van der Waals surface area contributed by atoms with Crippen molar-refractivity contribution in [2.24, 2.45) is 0 Å². The van der Waals surface area contributed by atoms with E-state index in [-0.39, 0.29) is 18.9 Å². The quantitative estimate of drug-likeness (QED) is 0.0199. The smallest absolute Gasteiger partial charge is 0.220 e. The first-order chi connectivity index (χ1) is 42.8. The lowest BCUT2D eigenvalue weighted by Crippen LogP contribution is -2.66. The Hall–Kier alpha value is -1.99. The number of hydrogen-bond acceptors (Lipinski definition) is 18. The number of aliphatic hydroxyl groups is 11. The molecular formula is C69H127NO18. The minimum Gasteiger partial charge on any atom is -0.394 e. The first-order valence-corrected chi connectivity index (χ1v) is 35.2. The van der Waals surface area contributed by atoms with E-state index in [0.29, 0.717) is 6.42 Å². The molecule has 3 aliphatic heterocycles. The van der Waals surface area contributed by atoms with E-state index in [1.54, 1.807) is 6.08 Å². The van der Waals surface area contributed by atoms with Crippen molar-refractivity contribution in [2.45, 2.75) is 369 Å². The zero-order chi connectivity index (χ0) is 64.0. The van der Waals surface area contributed by atoms with Gasteiger partial charge in [0.2, 0.25) is 5.91 Å². The minimum atomic E-state index is -1.98. The van der Waals surface area contributed by atoms with E-state index >= 15 is 0 Å². The summed E-state index contributed by atoms with van der Waals surface area (Å²) in [5.41, 5.74) is 0. The van der Waals surface area contributed by atoms with Crippen molar-refractivity contribution >= 4 is 5.91 Å². The molecule has 88 heavy (non-hydrogen) atoms. The van der Waals surface area contributed by atoms with Crippen LogP contribution in [0.2, 0.25) is 0 Å². The Bertz CT molecular complexity index is 1740. The first kappa shape index (κ1) is 80.2. The van der Waals surface area contributed by atoms with Gasteiger partial charge in [-0.15, -0.1) is 0 Å². The molecule has 19 nitrogen and oxygen atoms in total. The lowest BCUT2D eigenvalue weighted by Gasteiger charge is -2.48. The van der Waals surface area contributed by atoms with E-state index in [1.165, 1.54) is 154 Å². The van der Waals surface area contributed by atoms with Gasteiger partial charge in [0, 0.05) is 6.42 Å². The second-order valence-corrected chi connectivity index (χ2v) is 25.3. The van der Waals surface area contributed by atoms with Crippen LogP contribution in [0.3, 0.4) is 0 Å². The fourth-order valence-electron chi connectivity index (χ4n) is 11.9. The molecule has 0 aromatic carbocycles. The summed E-state index contributed by atoms with van der Waals surface area (Å²) in [7, 11) is 0. The lowest BCUT2D eigenvalue weighted by molar-refractivity contribution is -0.379. The Morgan fingerprint density at radius 2 is 0.750 bits per heavy atom. The van der Waals surface area contributed by atoms with Gasteiger partial charge in [-0.2, -0.15) is 0 Å². The van der Waals surface area contributed by atoms with Gasteiger partial charge in [-0.05, 0) is 51.4 Å². The third kappa shape index (κ3) is 33.2. The van der Waals surface area contributed by atoms with Crippen LogP contribution in [0.15, 0.2) is 36.5 Å². The van der Waals surface area contributed by atoms with Gasteiger partial charge in [0.15, 0.2) is 18.9 Å². The average Bonchev–Trinajstić information content (AvgIpc) is 3.72. The van der Waals surface area contributed by atoms with Gasteiger partial charge in [-0.25, -0.2) is 0 Å². The Balaban J connectivity index is 1.44. The van der Waals surface area contributed by atoms with Crippen molar-refractivity contribution in [1.82, 2.24) is 5.32 Å². The predicted molar refractivity (Wildman–Crippen MR) is 342 cm³/mol. The largest absolute Gasteiger partial charge is 0.394 e. The van der Waals surface area contributed by atoms with E-state index < -0.39 is 124 Å². The molecule has 0 aromatic heterocycles. The van der Waals surface area contributed by atoms with Crippen LogP contribution < -0.4 is 5.32 Å². The molecule has 0 spiro atoms. The molecule has 17 atom stereocenters. The van der Waals surface area contributed by atoms with Gasteiger partial charge >= 0.3 is 0 Å². The Labute approximate surface area is 530 Å². The van der Waals surface area contributed by atoms with E-state index in [1.807, 2.05) is 6.08 Å². The Morgan fingerprint density at radius 3 is 1.17 bits per heavy atom. The van der Waals surface area contributed by atoms with Crippen LogP contribution in [-0.2, 0) is 33.2 Å². The van der Waals surface area contributed by atoms with Crippen LogP contribution in [0.25, 0.3) is 0 Å². The second-order valence-electron chi connectivity index (χ2n) is 25.3. The standard InChI is InChI=1S/C69H127NO18/c1-3-5-7-9-11-13-15-17-19-21-23-24-25-26-27-28-29-30-32-34-36-38-40-42-44-46-53(74)52(70-57(75)47-45-43-41-39-37-35-33-31-22-20-18-16-14-12-10-8-6-4-2)51-83-67-63(81)60(78)65(55(49-72)85-67)88-69-64(82)61(79)66(56(50-73)86-69)87-68-62(80)59(77)58(76)54(48-71)84-68/h14,16,20,22,44,46,52-56,58-69,71-74,76-82H,3-13,15,17-19,21,23-43,45,47-51H2,1-2H3,(H,70,75)/b16-14-,22-20-,46-44+. The zero-order valence-corrected chi connectivity index (χ0v) is 54.5. The number of rotatable bonds is 54. The maximum absolute atomic E-state index is 13.4. The summed E-state index contributed by atoms with van der Waals surface area (Å²) in [4.78, 5) is 13.4. The Morgan fingerprint density at radius 1 is 0.409 bits per heavy atom. The molecule has 17 unspecified atom stereocenters. The number of nitrogens with one attached hydrogen (secondary N) is 1. The lowest BCUT2D eigenvalue weighted by atomic mass is 9.96. The molecule has 3 aliphatic rings. The number of allylic oxidation sites excluding steroid dienone is 5. The molecular weight excluding hydrogens is 1130 g/mol. The number of amides is 1. The summed E-state index contributed by atoms with van der Waals surface area (Å²) < 4.78 is 34.4. The highest BCUT2D eigenvalue weighted by Crippen LogP contribution is 2.33. The van der Waals surface area contributed by atoms with E-state index in [4.69, 9.17) is 28.4 Å². The fourth-order valence-corrected chi connectivity index (χ4v) is 11.9. The van der Waals surface area contributed by atoms with Gasteiger partial charge in [-0.3, -0.25) is 4.79 Å². The van der Waals surface area contributed by atoms with Gasteiger partial charge in [-0.1, -0.05) is 243 Å². The molecule has 12 N–H and O–H groups in total. The Kier molecular flexibility index (Phi) is 46.9. The summed E-state index contributed by atoms with van der Waals surface area (Å²) in [6.45, 7) is 1.73. The molecule has 0 bridgehead atoms. The minimum absolute atomic E-state index is 0.235. The fraction of sp³-hybridized carbons (Fsp3) is 0.899. The van der Waals surface area contributed by atoms with Crippen LogP contribution in [0.1, 0.15) is 264 Å². The molecule has 1 amide bonds. The highest BCUT2D eigenvalue weighted by Gasteiger charge is 2.53. The SMILES string of the molecule is CCCCCC/C=C\C/C=C\CCCCCCCCCC(=O)NC(COC1OC(CO)C(OC2OC(CO)C(OC3OC(CO)C(O)C(O)C3O)C(O)C2O)C(O)C1O)C(O)/C=C/CCCCCCCCCCCCCCCCCCCCCCCCC. The molecule has 3 fully saturated rings. The van der Waals surface area contributed by atoms with Crippen LogP contribution in [-0.4, -0.2) is 193 Å². The maximum atomic E-state index is 13.4. The number of ether oxygens (including phenoxy) is 6. The highest BCUT2D eigenvalue weighted by molar-refractivity contribution is 5.76. The molecule has 0 aromatic rings. The van der Waals surface area contributed by atoms with Gasteiger partial charge in [0.1, 0.15) is 73.2 Å². The van der Waals surface area contributed by atoms with E-state index in [0.717, 1.165) is 83.5 Å². The van der Waals surface area contributed by atoms with Crippen molar-refractivity contribution in [1.29, 1.82) is 0 Å². The molecule has 3 saturated heterocycles. The van der Waals surface area contributed by atoms with Crippen LogP contribution >= 0.6 is 0 Å². The summed E-state index contributed by atoms with van der Waals surface area (Å²) in [6, 6.07) is -0.978. The molecule has 3 rings (SSSR count). The molecule has 516 valence electrons. The van der Waals surface area contributed by atoms with E-state index in [9.17, 15) is 61.0 Å². The number of unbranched alkanes of at least 4 members (excludes halogenated alkanes) is 34. The van der Waals surface area contributed by atoms with Crippen LogP contribution in [0.5, 0.6) is 0 Å². The second kappa shape index (κ2) is 51.4. The number of carbonyl (C=O) groups is 1. The summed E-state index contributed by atoms with van der Waals surface area (Å²) in [5.74, 6) is -0.281. The van der Waals surface area contributed by atoms with Gasteiger partial charge in [0.25, 0.3) is 0 Å². The maximum Gasteiger partial charge on any atom is 0.220 e. The molecule has 0 saturated carbocycles. The topological polar surface area (TPSA) is 307 Å². The molecule has 0 radical (unpaired) electrons. The molecule has 19 heteroatoms. The average molecular weight is 1260 g/mol. The van der Waals surface area contributed by atoms with E-state index in [2.05, 4.69) is 43.5 Å².